The van der Waals surface area contributed by atoms with Crippen LogP contribution in [-0.4, -0.2) is 18.0 Å². The first-order valence-corrected chi connectivity index (χ1v) is 3.81. The number of nitrogens with zero attached hydrogens (tertiary/aromatic N) is 2. The number of rotatable bonds is 1. The van der Waals surface area contributed by atoms with E-state index in [1.54, 1.807) is 0 Å². The van der Waals surface area contributed by atoms with Gasteiger partial charge in [0.2, 0.25) is 0 Å². The predicted molar refractivity (Wildman–Crippen MR) is 31.5 cm³/mol. The minimum absolute atomic E-state index is 0.424. The van der Waals surface area contributed by atoms with Gasteiger partial charge in [0.25, 0.3) is 0 Å². The summed E-state index contributed by atoms with van der Waals surface area (Å²) in [5, 5.41) is -0.424. The molecule has 0 aliphatic rings. The highest BCUT2D eigenvalue weighted by molar-refractivity contribution is 7.86. The summed E-state index contributed by atoms with van der Waals surface area (Å²) in [6.45, 7) is 0. The molecule has 0 saturated carbocycles. The minimum atomic E-state index is -4.59. The molecule has 0 aromatic carbocycles. The number of imidazole rings is 1. The second-order valence-corrected chi connectivity index (χ2v) is 3.07. The van der Waals surface area contributed by atoms with Crippen molar-refractivity contribution in [2.45, 2.75) is 5.03 Å². The fourth-order valence-corrected chi connectivity index (χ4v) is 1.16. The number of aromatic nitrogens is 2. The van der Waals surface area contributed by atoms with Gasteiger partial charge in [0.05, 0.1) is 12.5 Å². The molecule has 0 aliphatic heterocycles. The molecule has 10 heavy (non-hydrogen) atoms. The summed E-state index contributed by atoms with van der Waals surface area (Å²) in [6.07, 6.45) is 2.17. The van der Waals surface area contributed by atoms with Crippen molar-refractivity contribution in [3.63, 3.8) is 0 Å². The van der Waals surface area contributed by atoms with Crippen LogP contribution in [0.25, 0.3) is 0 Å². The summed E-state index contributed by atoms with van der Waals surface area (Å²) in [5.74, 6) is 0. The van der Waals surface area contributed by atoms with E-state index >= 15 is 0 Å². The monoisotopic (exact) mass is 164 g/mol. The maximum absolute atomic E-state index is 12.1. The van der Waals surface area contributed by atoms with Crippen molar-refractivity contribution in [1.82, 2.24) is 9.55 Å². The quantitative estimate of drug-likeness (QED) is 0.552. The third kappa shape index (κ3) is 1.15. The molecule has 6 heteroatoms. The molecule has 56 valence electrons. The fraction of sp³-hybridized carbons (Fsp3) is 0.250. The highest BCUT2D eigenvalue weighted by atomic mass is 32.3. The zero-order valence-corrected chi connectivity index (χ0v) is 5.97. The Labute approximate surface area is 57.5 Å². The summed E-state index contributed by atoms with van der Waals surface area (Å²) in [4.78, 5) is 3.43. The van der Waals surface area contributed by atoms with Gasteiger partial charge in [0.15, 0.2) is 5.03 Å². The van der Waals surface area contributed by atoms with Crippen molar-refractivity contribution in [2.75, 3.05) is 0 Å². The average molecular weight is 164 g/mol. The van der Waals surface area contributed by atoms with Gasteiger partial charge in [-0.15, -0.1) is 0 Å². The normalized spacial score (nSPS) is 11.8. The van der Waals surface area contributed by atoms with Crippen molar-refractivity contribution in [1.29, 1.82) is 0 Å². The second kappa shape index (κ2) is 2.05. The molecule has 0 unspecified atom stereocenters. The molecule has 1 rings (SSSR count). The molecule has 0 N–H and O–H groups in total. The van der Waals surface area contributed by atoms with E-state index in [1.807, 2.05) is 0 Å². The maximum Gasteiger partial charge on any atom is 0.349 e. The standard InChI is InChI=1S/C4H5FN2O2S/c1-7-3-6-2-4(7)10(5,8)9/h2-3H,1H3. The van der Waals surface area contributed by atoms with E-state index in [4.69, 9.17) is 0 Å². The van der Waals surface area contributed by atoms with Gasteiger partial charge in [0, 0.05) is 7.05 Å². The molecule has 0 bridgehead atoms. The molecule has 1 aromatic rings. The Kier molecular flexibility index (Phi) is 1.47. The lowest BCUT2D eigenvalue weighted by Crippen LogP contribution is -1.98. The van der Waals surface area contributed by atoms with Crippen LogP contribution in [0.3, 0.4) is 0 Å². The second-order valence-electron chi connectivity index (χ2n) is 1.78. The molecule has 0 atom stereocenters. The van der Waals surface area contributed by atoms with Crippen molar-refractivity contribution in [3.05, 3.63) is 12.5 Å². The van der Waals surface area contributed by atoms with Gasteiger partial charge in [-0.3, -0.25) is 0 Å². The van der Waals surface area contributed by atoms with E-state index < -0.39 is 15.2 Å². The smallest absolute Gasteiger partial charge is 0.323 e. The first-order valence-electron chi connectivity index (χ1n) is 2.43. The van der Waals surface area contributed by atoms with Crippen molar-refractivity contribution < 1.29 is 12.3 Å². The Balaban J connectivity index is 3.32. The third-order valence-corrected chi connectivity index (χ3v) is 1.92. The molecule has 0 spiro atoms. The Morgan fingerprint density at radius 1 is 1.70 bits per heavy atom. The molecular formula is C4H5FN2O2S. The van der Waals surface area contributed by atoms with Crippen molar-refractivity contribution >= 4 is 10.2 Å². The van der Waals surface area contributed by atoms with Gasteiger partial charge in [-0.05, 0) is 0 Å². The highest BCUT2D eigenvalue weighted by Gasteiger charge is 2.14. The zero-order chi connectivity index (χ0) is 7.78. The van der Waals surface area contributed by atoms with Crippen LogP contribution in [0.2, 0.25) is 0 Å². The number of hydrogen-bond donors (Lipinski definition) is 0. The lowest BCUT2D eigenvalue weighted by Gasteiger charge is -1.92. The van der Waals surface area contributed by atoms with E-state index in [2.05, 4.69) is 4.98 Å². The van der Waals surface area contributed by atoms with Crippen LogP contribution < -0.4 is 0 Å². The lowest BCUT2D eigenvalue weighted by atomic mass is 10.9. The molecule has 0 amide bonds. The molecule has 1 aromatic heterocycles. The topological polar surface area (TPSA) is 52.0 Å². The van der Waals surface area contributed by atoms with Crippen LogP contribution in [0.5, 0.6) is 0 Å². The van der Waals surface area contributed by atoms with Crippen LogP contribution in [0.1, 0.15) is 0 Å². The summed E-state index contributed by atoms with van der Waals surface area (Å²) in [5.41, 5.74) is 0. The highest BCUT2D eigenvalue weighted by Crippen LogP contribution is 2.08. The average Bonchev–Trinajstić information content (AvgIpc) is 2.11. The van der Waals surface area contributed by atoms with E-state index in [0.29, 0.717) is 0 Å². The molecule has 4 nitrogen and oxygen atoms in total. The Morgan fingerprint density at radius 2 is 2.30 bits per heavy atom. The molecule has 0 radical (unpaired) electrons. The molecular weight excluding hydrogens is 159 g/mol. The minimum Gasteiger partial charge on any atom is -0.323 e. The van der Waals surface area contributed by atoms with E-state index in [1.165, 1.54) is 13.4 Å². The van der Waals surface area contributed by atoms with E-state index in [9.17, 15) is 12.3 Å². The van der Waals surface area contributed by atoms with Gasteiger partial charge in [-0.25, -0.2) is 4.98 Å². The van der Waals surface area contributed by atoms with Crippen molar-refractivity contribution in [2.24, 2.45) is 7.05 Å². The number of hydrogen-bond acceptors (Lipinski definition) is 3. The SMILES string of the molecule is Cn1cncc1S(=O)(=O)F. The van der Waals surface area contributed by atoms with Crippen LogP contribution in [0, 0.1) is 0 Å². The van der Waals surface area contributed by atoms with Crippen molar-refractivity contribution in [3.8, 4) is 0 Å². The Morgan fingerprint density at radius 3 is 2.50 bits per heavy atom. The van der Waals surface area contributed by atoms with Gasteiger partial charge in [-0.2, -0.15) is 8.42 Å². The molecule has 0 saturated heterocycles. The molecule has 1 heterocycles. The number of aryl methyl sites for hydroxylation is 1. The Hall–Kier alpha value is -0.910. The van der Waals surface area contributed by atoms with Gasteiger partial charge < -0.3 is 4.57 Å². The van der Waals surface area contributed by atoms with Gasteiger partial charge in [-0.1, -0.05) is 3.89 Å². The first-order chi connectivity index (χ1) is 4.52. The largest absolute Gasteiger partial charge is 0.349 e. The van der Waals surface area contributed by atoms with Crippen LogP contribution in [0.15, 0.2) is 17.6 Å². The summed E-state index contributed by atoms with van der Waals surface area (Å²) >= 11 is 0. The number of halogens is 1. The Bertz CT molecular complexity index is 329. The summed E-state index contributed by atoms with van der Waals surface area (Å²) < 4.78 is 33.6. The lowest BCUT2D eigenvalue weighted by molar-refractivity contribution is 0.541. The molecule has 0 aliphatic carbocycles. The zero-order valence-electron chi connectivity index (χ0n) is 5.15. The van der Waals surface area contributed by atoms with Gasteiger partial charge >= 0.3 is 10.2 Å². The van der Waals surface area contributed by atoms with E-state index in [-0.39, 0.29) is 0 Å². The first kappa shape index (κ1) is 7.20. The van der Waals surface area contributed by atoms with Crippen LogP contribution in [-0.2, 0) is 17.3 Å². The fourth-order valence-electron chi connectivity index (χ4n) is 0.580. The van der Waals surface area contributed by atoms with Crippen LogP contribution in [0.4, 0.5) is 3.89 Å². The molecule has 0 fully saturated rings. The van der Waals surface area contributed by atoms with Crippen LogP contribution >= 0.6 is 0 Å². The third-order valence-electron chi connectivity index (χ3n) is 1.02. The summed E-state index contributed by atoms with van der Waals surface area (Å²) in [7, 11) is -3.19. The summed E-state index contributed by atoms with van der Waals surface area (Å²) in [6, 6.07) is 0. The van der Waals surface area contributed by atoms with Gasteiger partial charge in [0.1, 0.15) is 0 Å². The van der Waals surface area contributed by atoms with E-state index in [0.717, 1.165) is 10.8 Å². The maximum atomic E-state index is 12.1. The predicted octanol–water partition coefficient (Wildman–Crippen LogP) is 0.0783.